The van der Waals surface area contributed by atoms with Gasteiger partial charge in [-0.15, -0.1) is 11.3 Å². The van der Waals surface area contributed by atoms with E-state index in [1.165, 1.54) is 23.3 Å². The first-order chi connectivity index (χ1) is 12.3. The summed E-state index contributed by atoms with van der Waals surface area (Å²) in [7, 11) is 0. The number of ether oxygens (including phenoxy) is 1. The summed E-state index contributed by atoms with van der Waals surface area (Å²) in [5.41, 5.74) is 3.23. The third-order valence-electron chi connectivity index (χ3n) is 4.75. The average molecular weight is 347 g/mol. The average Bonchev–Trinajstić information content (AvgIpc) is 3.02. The number of rotatable bonds is 2. The van der Waals surface area contributed by atoms with Crippen LogP contribution in [0, 0.1) is 6.92 Å². The lowest BCUT2D eigenvalue weighted by molar-refractivity contribution is 0.472. The van der Waals surface area contributed by atoms with Crippen molar-refractivity contribution in [3.63, 3.8) is 0 Å². The smallest absolute Gasteiger partial charge is 0.231 e. The van der Waals surface area contributed by atoms with Crippen molar-refractivity contribution in [2.75, 3.05) is 0 Å². The van der Waals surface area contributed by atoms with E-state index in [-0.39, 0.29) is 0 Å². The zero-order chi connectivity index (χ0) is 16.8. The summed E-state index contributed by atoms with van der Waals surface area (Å²) < 4.78 is 6.28. The van der Waals surface area contributed by atoms with Crippen LogP contribution in [0.1, 0.15) is 29.0 Å². The first kappa shape index (κ1) is 14.8. The van der Waals surface area contributed by atoms with Gasteiger partial charge in [0.25, 0.3) is 0 Å². The second-order valence-electron chi connectivity index (χ2n) is 6.45. The molecule has 0 atom stereocenters. The fourth-order valence-corrected chi connectivity index (χ4v) is 4.76. The molecule has 124 valence electrons. The molecule has 0 radical (unpaired) electrons. The van der Waals surface area contributed by atoms with Crippen LogP contribution in [0.2, 0.25) is 0 Å². The Hall–Kier alpha value is -2.53. The summed E-state index contributed by atoms with van der Waals surface area (Å²) in [4.78, 5) is 16.1. The Bertz CT molecular complexity index is 1100. The largest absolute Gasteiger partial charge is 0.436 e. The summed E-state index contributed by atoms with van der Waals surface area (Å²) in [5, 5.41) is 2.16. The summed E-state index contributed by atoms with van der Waals surface area (Å²) in [6.45, 7) is 1.99. The Labute approximate surface area is 149 Å². The van der Waals surface area contributed by atoms with E-state index in [0.29, 0.717) is 5.88 Å². The van der Waals surface area contributed by atoms with E-state index < -0.39 is 0 Å². The number of thiophene rings is 1. The molecule has 3 heterocycles. The van der Waals surface area contributed by atoms with Gasteiger partial charge in [-0.25, -0.2) is 15.0 Å². The number of pyridine rings is 1. The first-order valence-electron chi connectivity index (χ1n) is 8.59. The van der Waals surface area contributed by atoms with Crippen molar-refractivity contribution in [3.8, 4) is 11.6 Å². The first-order valence-corrected chi connectivity index (χ1v) is 9.41. The van der Waals surface area contributed by atoms with Gasteiger partial charge in [0, 0.05) is 16.0 Å². The van der Waals surface area contributed by atoms with Gasteiger partial charge in [-0.3, -0.25) is 0 Å². The second kappa shape index (κ2) is 5.77. The van der Waals surface area contributed by atoms with E-state index in [9.17, 15) is 0 Å². The van der Waals surface area contributed by atoms with Crippen molar-refractivity contribution in [2.24, 2.45) is 0 Å². The minimum atomic E-state index is 0.653. The number of hydrogen-bond donors (Lipinski definition) is 0. The summed E-state index contributed by atoms with van der Waals surface area (Å²) >= 11 is 1.78. The number of nitrogens with zero attached hydrogens (tertiary/aromatic N) is 3. The number of para-hydroxylation sites is 1. The zero-order valence-corrected chi connectivity index (χ0v) is 14.8. The van der Waals surface area contributed by atoms with E-state index in [0.717, 1.165) is 45.4 Å². The van der Waals surface area contributed by atoms with Gasteiger partial charge in [0.2, 0.25) is 5.88 Å². The van der Waals surface area contributed by atoms with Crippen molar-refractivity contribution in [3.05, 3.63) is 52.8 Å². The van der Waals surface area contributed by atoms with Crippen LogP contribution < -0.4 is 4.74 Å². The molecule has 0 N–H and O–H groups in total. The lowest BCUT2D eigenvalue weighted by Crippen LogP contribution is -1.99. The van der Waals surface area contributed by atoms with Crippen molar-refractivity contribution in [1.29, 1.82) is 0 Å². The number of aryl methyl sites for hydroxylation is 3. The highest BCUT2D eigenvalue weighted by atomic mass is 32.1. The Kier molecular flexibility index (Phi) is 3.41. The molecule has 3 aromatic heterocycles. The Morgan fingerprint density at radius 2 is 1.96 bits per heavy atom. The topological polar surface area (TPSA) is 47.9 Å². The monoisotopic (exact) mass is 347 g/mol. The molecule has 1 aromatic carbocycles. The van der Waals surface area contributed by atoms with Gasteiger partial charge in [-0.05, 0) is 50.3 Å². The predicted molar refractivity (Wildman–Crippen MR) is 101 cm³/mol. The molecule has 5 rings (SSSR count). The molecule has 4 nitrogen and oxygen atoms in total. The maximum absolute atomic E-state index is 6.28. The Morgan fingerprint density at radius 1 is 1.04 bits per heavy atom. The highest BCUT2D eigenvalue weighted by Gasteiger charge is 2.21. The molecule has 0 saturated heterocycles. The minimum Gasteiger partial charge on any atom is -0.436 e. The highest BCUT2D eigenvalue weighted by molar-refractivity contribution is 7.18. The molecule has 4 aromatic rings. The molecule has 25 heavy (non-hydrogen) atoms. The van der Waals surface area contributed by atoms with E-state index >= 15 is 0 Å². The van der Waals surface area contributed by atoms with E-state index in [1.807, 2.05) is 25.1 Å². The fourth-order valence-electron chi connectivity index (χ4n) is 3.54. The van der Waals surface area contributed by atoms with Gasteiger partial charge in [0.15, 0.2) is 5.75 Å². The summed E-state index contributed by atoms with van der Waals surface area (Å²) in [6, 6.07) is 10.1. The molecule has 5 heteroatoms. The van der Waals surface area contributed by atoms with Gasteiger partial charge in [0.1, 0.15) is 16.7 Å². The van der Waals surface area contributed by atoms with Crippen LogP contribution in [0.15, 0.2) is 36.7 Å². The Morgan fingerprint density at radius 3 is 2.92 bits per heavy atom. The highest BCUT2D eigenvalue weighted by Crippen LogP contribution is 2.40. The fraction of sp³-hybridized carbons (Fsp3) is 0.250. The molecular weight excluding hydrogens is 330 g/mol. The SMILES string of the molecule is Cc1ccc2cccc(Oc3ncnc4sc5c(c34)CCCC5)c2n1. The molecule has 0 spiro atoms. The van der Waals surface area contributed by atoms with Crippen LogP contribution in [0.3, 0.4) is 0 Å². The van der Waals surface area contributed by atoms with Crippen molar-refractivity contribution < 1.29 is 4.74 Å². The molecule has 0 amide bonds. The number of benzene rings is 1. The van der Waals surface area contributed by atoms with Crippen LogP contribution in [0.4, 0.5) is 0 Å². The number of fused-ring (bicyclic) bond motifs is 4. The molecule has 0 saturated carbocycles. The molecule has 0 bridgehead atoms. The molecule has 1 aliphatic rings. The molecule has 0 aliphatic heterocycles. The van der Waals surface area contributed by atoms with E-state index in [4.69, 9.17) is 4.74 Å². The standard InChI is InChI=1S/C20H17N3OS/c1-12-9-10-13-5-4-7-15(18(13)23-12)24-19-17-14-6-2-3-8-16(14)25-20(17)22-11-21-19/h4-5,7,9-11H,2-3,6,8H2,1H3. The minimum absolute atomic E-state index is 0.653. The van der Waals surface area contributed by atoms with Crippen LogP contribution in [-0.2, 0) is 12.8 Å². The van der Waals surface area contributed by atoms with Crippen LogP contribution >= 0.6 is 11.3 Å². The third-order valence-corrected chi connectivity index (χ3v) is 5.95. The summed E-state index contributed by atoms with van der Waals surface area (Å²) in [5.74, 6) is 1.40. The van der Waals surface area contributed by atoms with Crippen LogP contribution in [-0.4, -0.2) is 15.0 Å². The lowest BCUT2D eigenvalue weighted by atomic mass is 9.97. The molecule has 0 fully saturated rings. The van der Waals surface area contributed by atoms with Gasteiger partial charge in [0.05, 0.1) is 5.39 Å². The molecule has 0 unspecified atom stereocenters. The van der Waals surface area contributed by atoms with Crippen molar-refractivity contribution in [1.82, 2.24) is 15.0 Å². The quantitative estimate of drug-likeness (QED) is 0.499. The normalized spacial score (nSPS) is 14.0. The third kappa shape index (κ3) is 2.46. The maximum atomic E-state index is 6.28. The van der Waals surface area contributed by atoms with Crippen LogP contribution in [0.5, 0.6) is 11.6 Å². The second-order valence-corrected chi connectivity index (χ2v) is 7.54. The van der Waals surface area contributed by atoms with Crippen molar-refractivity contribution in [2.45, 2.75) is 32.6 Å². The van der Waals surface area contributed by atoms with Crippen molar-refractivity contribution >= 4 is 32.5 Å². The zero-order valence-electron chi connectivity index (χ0n) is 14.0. The molecular formula is C20H17N3OS. The van der Waals surface area contributed by atoms with E-state index in [2.05, 4.69) is 27.1 Å². The van der Waals surface area contributed by atoms with Crippen LogP contribution in [0.25, 0.3) is 21.1 Å². The lowest BCUT2D eigenvalue weighted by Gasteiger charge is -2.12. The molecule has 1 aliphatic carbocycles. The van der Waals surface area contributed by atoms with Gasteiger partial charge in [-0.2, -0.15) is 0 Å². The van der Waals surface area contributed by atoms with E-state index in [1.54, 1.807) is 17.7 Å². The summed E-state index contributed by atoms with van der Waals surface area (Å²) in [6.07, 6.45) is 6.32. The predicted octanol–water partition coefficient (Wildman–Crippen LogP) is 5.22. The Balaban J connectivity index is 1.68. The number of hydrogen-bond acceptors (Lipinski definition) is 5. The van der Waals surface area contributed by atoms with Gasteiger partial charge < -0.3 is 4.74 Å². The van der Waals surface area contributed by atoms with Gasteiger partial charge >= 0.3 is 0 Å². The van der Waals surface area contributed by atoms with Gasteiger partial charge in [-0.1, -0.05) is 18.2 Å². The maximum Gasteiger partial charge on any atom is 0.231 e. The number of aromatic nitrogens is 3.